The van der Waals surface area contributed by atoms with Crippen molar-refractivity contribution in [3.63, 3.8) is 0 Å². The smallest absolute Gasteiger partial charge is 0.0652 e. The van der Waals surface area contributed by atoms with Gasteiger partial charge >= 0.3 is 0 Å². The molecule has 0 spiro atoms. The van der Waals surface area contributed by atoms with E-state index in [1.165, 1.54) is 19.5 Å². The van der Waals surface area contributed by atoms with Crippen molar-refractivity contribution < 1.29 is 4.74 Å². The summed E-state index contributed by atoms with van der Waals surface area (Å²) in [7, 11) is 1.83. The van der Waals surface area contributed by atoms with Crippen LogP contribution in [0.2, 0.25) is 0 Å². The van der Waals surface area contributed by atoms with Crippen molar-refractivity contribution >= 4 is 0 Å². The third-order valence-electron chi connectivity index (χ3n) is 4.00. The molecule has 3 nitrogen and oxygen atoms in total. The molecule has 0 aromatic rings. The lowest BCUT2D eigenvalue weighted by Gasteiger charge is -2.56. The summed E-state index contributed by atoms with van der Waals surface area (Å²) in [6.45, 7) is 9.35. The largest absolute Gasteiger partial charge is 0.381 e. The maximum Gasteiger partial charge on any atom is 0.0652 e. The fourth-order valence-electron chi connectivity index (χ4n) is 2.88. The van der Waals surface area contributed by atoms with Gasteiger partial charge in [-0.25, -0.2) is 0 Å². The van der Waals surface area contributed by atoms with Crippen LogP contribution in [-0.2, 0) is 4.74 Å². The molecule has 1 heterocycles. The van der Waals surface area contributed by atoms with Gasteiger partial charge in [0.05, 0.1) is 6.10 Å². The Morgan fingerprint density at radius 1 is 1.29 bits per heavy atom. The van der Waals surface area contributed by atoms with Crippen LogP contribution in [0, 0.1) is 5.41 Å². The molecule has 82 valence electrons. The number of nitrogens with one attached hydrogen (secondary N) is 1. The molecule has 1 saturated carbocycles. The Labute approximate surface area is 86.8 Å². The van der Waals surface area contributed by atoms with E-state index in [0.717, 1.165) is 19.1 Å². The number of ether oxygens (including phenoxy) is 1. The summed E-state index contributed by atoms with van der Waals surface area (Å²) in [5, 5.41) is 3.40. The highest BCUT2D eigenvalue weighted by Crippen LogP contribution is 2.45. The first-order valence-electron chi connectivity index (χ1n) is 5.64. The summed E-state index contributed by atoms with van der Waals surface area (Å²) >= 11 is 0. The zero-order chi connectivity index (χ0) is 10.2. The van der Waals surface area contributed by atoms with Gasteiger partial charge in [-0.1, -0.05) is 13.8 Å². The Morgan fingerprint density at radius 3 is 2.43 bits per heavy atom. The van der Waals surface area contributed by atoms with Crippen molar-refractivity contribution in [1.82, 2.24) is 10.2 Å². The van der Waals surface area contributed by atoms with E-state index in [0.29, 0.717) is 11.5 Å². The van der Waals surface area contributed by atoms with Gasteiger partial charge in [0.2, 0.25) is 0 Å². The molecule has 2 atom stereocenters. The second-order valence-corrected chi connectivity index (χ2v) is 5.08. The van der Waals surface area contributed by atoms with E-state index >= 15 is 0 Å². The zero-order valence-electron chi connectivity index (χ0n) is 9.55. The van der Waals surface area contributed by atoms with Crippen LogP contribution in [0.1, 0.15) is 20.3 Å². The summed E-state index contributed by atoms with van der Waals surface area (Å²) in [5.74, 6) is 0. The second kappa shape index (κ2) is 3.80. The van der Waals surface area contributed by atoms with Crippen LogP contribution in [0.25, 0.3) is 0 Å². The molecule has 1 aliphatic heterocycles. The van der Waals surface area contributed by atoms with Crippen molar-refractivity contribution in [3.05, 3.63) is 0 Å². The standard InChI is InChI=1S/C11H22N2O/c1-11(2)9(8-10(11)14-3)13-6-4-12-5-7-13/h9-10,12H,4-8H2,1-3H3. The predicted octanol–water partition coefficient (Wildman–Crippen LogP) is 0.705. The first-order chi connectivity index (χ1) is 6.66. The Morgan fingerprint density at radius 2 is 1.93 bits per heavy atom. The monoisotopic (exact) mass is 198 g/mol. The fourth-order valence-corrected chi connectivity index (χ4v) is 2.88. The molecule has 2 unspecified atom stereocenters. The minimum atomic E-state index is 0.339. The van der Waals surface area contributed by atoms with Gasteiger partial charge < -0.3 is 10.1 Å². The van der Waals surface area contributed by atoms with Crippen LogP contribution >= 0.6 is 0 Å². The van der Waals surface area contributed by atoms with Gasteiger partial charge in [-0.15, -0.1) is 0 Å². The molecule has 3 heteroatoms. The molecule has 1 saturated heterocycles. The fraction of sp³-hybridized carbons (Fsp3) is 1.00. The zero-order valence-corrected chi connectivity index (χ0v) is 9.55. The molecule has 0 aromatic heterocycles. The molecule has 2 aliphatic rings. The van der Waals surface area contributed by atoms with E-state index in [1.807, 2.05) is 7.11 Å². The third kappa shape index (κ3) is 1.58. The lowest BCUT2D eigenvalue weighted by atomic mass is 9.63. The van der Waals surface area contributed by atoms with Gasteiger partial charge in [-0.2, -0.15) is 0 Å². The molecular formula is C11H22N2O. The Bertz CT molecular complexity index is 199. The number of rotatable bonds is 2. The van der Waals surface area contributed by atoms with Crippen molar-refractivity contribution in [2.75, 3.05) is 33.3 Å². The summed E-state index contributed by atoms with van der Waals surface area (Å²) in [6, 6.07) is 0.731. The minimum absolute atomic E-state index is 0.339. The van der Waals surface area contributed by atoms with Gasteiger partial charge in [0.15, 0.2) is 0 Å². The van der Waals surface area contributed by atoms with Crippen LogP contribution in [0.4, 0.5) is 0 Å². The van der Waals surface area contributed by atoms with Gasteiger partial charge in [0.1, 0.15) is 0 Å². The van der Waals surface area contributed by atoms with Crippen LogP contribution in [0.5, 0.6) is 0 Å². The lowest BCUT2D eigenvalue weighted by Crippen LogP contribution is -2.64. The van der Waals surface area contributed by atoms with E-state index in [9.17, 15) is 0 Å². The number of methoxy groups -OCH3 is 1. The Kier molecular flexibility index (Phi) is 2.82. The summed E-state index contributed by atoms with van der Waals surface area (Å²) < 4.78 is 5.48. The maximum absolute atomic E-state index is 5.48. The average Bonchev–Trinajstić information content (AvgIpc) is 2.18. The third-order valence-corrected chi connectivity index (χ3v) is 4.00. The summed E-state index contributed by atoms with van der Waals surface area (Å²) in [4.78, 5) is 2.62. The topological polar surface area (TPSA) is 24.5 Å². The summed E-state index contributed by atoms with van der Waals surface area (Å²) in [6.07, 6.45) is 1.67. The van der Waals surface area contributed by atoms with Crippen molar-refractivity contribution in [2.24, 2.45) is 5.41 Å². The van der Waals surface area contributed by atoms with Gasteiger partial charge in [0.25, 0.3) is 0 Å². The number of nitrogens with zero attached hydrogens (tertiary/aromatic N) is 1. The first kappa shape index (κ1) is 10.4. The average molecular weight is 198 g/mol. The van der Waals surface area contributed by atoms with E-state index in [-0.39, 0.29) is 0 Å². The van der Waals surface area contributed by atoms with E-state index in [1.54, 1.807) is 0 Å². The highest BCUT2D eigenvalue weighted by Gasteiger charge is 2.50. The van der Waals surface area contributed by atoms with E-state index < -0.39 is 0 Å². The molecule has 1 N–H and O–H groups in total. The number of piperazine rings is 1. The molecule has 14 heavy (non-hydrogen) atoms. The van der Waals surface area contributed by atoms with E-state index in [2.05, 4.69) is 24.1 Å². The highest BCUT2D eigenvalue weighted by molar-refractivity contribution is 5.04. The Balaban J connectivity index is 1.93. The highest BCUT2D eigenvalue weighted by atomic mass is 16.5. The molecule has 1 aliphatic carbocycles. The van der Waals surface area contributed by atoms with Crippen LogP contribution in [0.15, 0.2) is 0 Å². The van der Waals surface area contributed by atoms with Crippen molar-refractivity contribution in [1.29, 1.82) is 0 Å². The van der Waals surface area contributed by atoms with Gasteiger partial charge in [-0.05, 0) is 6.42 Å². The van der Waals surface area contributed by atoms with E-state index in [4.69, 9.17) is 4.74 Å². The second-order valence-electron chi connectivity index (χ2n) is 5.08. The van der Waals surface area contributed by atoms with Crippen LogP contribution in [0.3, 0.4) is 0 Å². The SMILES string of the molecule is COC1CC(N2CCNCC2)C1(C)C. The molecule has 2 fully saturated rings. The predicted molar refractivity (Wildman–Crippen MR) is 57.4 cm³/mol. The van der Waals surface area contributed by atoms with Gasteiger partial charge in [-0.3, -0.25) is 4.90 Å². The molecular weight excluding hydrogens is 176 g/mol. The molecule has 0 aromatic carbocycles. The van der Waals surface area contributed by atoms with Crippen molar-refractivity contribution in [2.45, 2.75) is 32.4 Å². The molecule has 2 rings (SSSR count). The quantitative estimate of drug-likeness (QED) is 0.707. The van der Waals surface area contributed by atoms with Gasteiger partial charge in [0, 0.05) is 44.7 Å². The normalized spacial score (nSPS) is 37.9. The number of hydrogen-bond acceptors (Lipinski definition) is 3. The first-order valence-corrected chi connectivity index (χ1v) is 5.64. The van der Waals surface area contributed by atoms with Crippen LogP contribution < -0.4 is 5.32 Å². The maximum atomic E-state index is 5.48. The van der Waals surface area contributed by atoms with Crippen LogP contribution in [-0.4, -0.2) is 50.3 Å². The molecule has 0 radical (unpaired) electrons. The molecule has 0 amide bonds. The number of hydrogen-bond donors (Lipinski definition) is 1. The molecule has 0 bridgehead atoms. The Hall–Kier alpha value is -0.120. The van der Waals surface area contributed by atoms with Crippen molar-refractivity contribution in [3.8, 4) is 0 Å². The minimum Gasteiger partial charge on any atom is -0.381 e. The summed E-state index contributed by atoms with van der Waals surface area (Å²) in [5.41, 5.74) is 0.339. The lowest BCUT2D eigenvalue weighted by molar-refractivity contribution is -0.139.